The van der Waals surface area contributed by atoms with E-state index in [0.29, 0.717) is 6.61 Å². The average Bonchev–Trinajstić information content (AvgIpc) is 2.75. The molecule has 4 nitrogen and oxygen atoms in total. The van der Waals surface area contributed by atoms with Crippen LogP contribution in [0.4, 0.5) is 5.82 Å². The number of hydrogen-bond acceptors (Lipinski definition) is 3. The van der Waals surface area contributed by atoms with Crippen molar-refractivity contribution in [2.24, 2.45) is 0 Å². The molecule has 0 saturated carbocycles. The molecule has 1 unspecified atom stereocenters. The zero-order valence-electron chi connectivity index (χ0n) is 9.68. The Balaban J connectivity index is 2.11. The van der Waals surface area contributed by atoms with E-state index in [1.807, 2.05) is 35.7 Å². The monoisotopic (exact) mass is 219 g/mol. The Morgan fingerprint density at radius 1 is 1.50 bits per heavy atom. The number of nitrogens with zero attached hydrogens (tertiary/aromatic N) is 2. The number of pyridine rings is 1. The maximum absolute atomic E-state index is 5.37. The van der Waals surface area contributed by atoms with Crippen LogP contribution in [0.2, 0.25) is 0 Å². The van der Waals surface area contributed by atoms with E-state index < -0.39 is 0 Å². The van der Waals surface area contributed by atoms with Gasteiger partial charge >= 0.3 is 0 Å². The summed E-state index contributed by atoms with van der Waals surface area (Å²) in [6, 6.07) is 6.31. The van der Waals surface area contributed by atoms with Gasteiger partial charge in [0.25, 0.3) is 0 Å². The van der Waals surface area contributed by atoms with Crippen LogP contribution in [0.25, 0.3) is 5.65 Å². The summed E-state index contributed by atoms with van der Waals surface area (Å²) in [5.74, 6) is 1.04. The van der Waals surface area contributed by atoms with Gasteiger partial charge < -0.3 is 10.1 Å². The van der Waals surface area contributed by atoms with Crippen LogP contribution in [0.3, 0.4) is 0 Å². The first-order valence-electron chi connectivity index (χ1n) is 5.57. The van der Waals surface area contributed by atoms with E-state index in [0.717, 1.165) is 18.1 Å². The third-order valence-electron chi connectivity index (χ3n) is 2.39. The second kappa shape index (κ2) is 4.99. The predicted octanol–water partition coefficient (Wildman–Crippen LogP) is 2.17. The fourth-order valence-electron chi connectivity index (χ4n) is 1.65. The molecule has 0 aliphatic heterocycles. The molecule has 0 aliphatic rings. The molecule has 2 aromatic rings. The Hall–Kier alpha value is -1.55. The van der Waals surface area contributed by atoms with Crippen LogP contribution in [-0.4, -0.2) is 28.6 Å². The Morgan fingerprint density at radius 2 is 2.38 bits per heavy atom. The van der Waals surface area contributed by atoms with Crippen molar-refractivity contribution in [3.63, 3.8) is 0 Å². The van der Waals surface area contributed by atoms with E-state index >= 15 is 0 Å². The molecule has 0 bridgehead atoms. The van der Waals surface area contributed by atoms with Crippen LogP contribution in [0.15, 0.2) is 30.6 Å². The minimum absolute atomic E-state index is 0.285. The molecule has 0 saturated heterocycles. The second-order valence-electron chi connectivity index (χ2n) is 3.77. The summed E-state index contributed by atoms with van der Waals surface area (Å²) in [6.45, 7) is 5.57. The van der Waals surface area contributed by atoms with Crippen molar-refractivity contribution in [3.8, 4) is 0 Å². The van der Waals surface area contributed by atoms with Crippen molar-refractivity contribution < 1.29 is 4.74 Å². The smallest absolute Gasteiger partial charge is 0.138 e. The maximum Gasteiger partial charge on any atom is 0.138 e. The zero-order chi connectivity index (χ0) is 11.4. The molecule has 2 heterocycles. The molecule has 0 spiro atoms. The van der Waals surface area contributed by atoms with Gasteiger partial charge in [0.05, 0.1) is 6.61 Å². The highest BCUT2D eigenvalue weighted by Gasteiger charge is 2.04. The first-order valence-corrected chi connectivity index (χ1v) is 5.57. The van der Waals surface area contributed by atoms with E-state index in [1.54, 1.807) is 6.20 Å². The van der Waals surface area contributed by atoms with Crippen LogP contribution >= 0.6 is 0 Å². The Bertz CT molecular complexity index is 452. The first kappa shape index (κ1) is 11.0. The van der Waals surface area contributed by atoms with Crippen molar-refractivity contribution in [1.29, 1.82) is 0 Å². The van der Waals surface area contributed by atoms with Crippen molar-refractivity contribution in [1.82, 2.24) is 9.38 Å². The summed E-state index contributed by atoms with van der Waals surface area (Å²) in [7, 11) is 0. The van der Waals surface area contributed by atoms with E-state index in [-0.39, 0.29) is 6.04 Å². The number of hydrogen-bond donors (Lipinski definition) is 1. The molecule has 16 heavy (non-hydrogen) atoms. The Labute approximate surface area is 95.3 Å². The summed E-state index contributed by atoms with van der Waals surface area (Å²) >= 11 is 0. The molecule has 1 N–H and O–H groups in total. The minimum Gasteiger partial charge on any atom is -0.380 e. The van der Waals surface area contributed by atoms with Crippen molar-refractivity contribution in [2.45, 2.75) is 19.9 Å². The Morgan fingerprint density at radius 3 is 3.19 bits per heavy atom. The fraction of sp³-hybridized carbons (Fsp3) is 0.417. The van der Waals surface area contributed by atoms with Crippen LogP contribution < -0.4 is 5.32 Å². The maximum atomic E-state index is 5.37. The number of rotatable bonds is 5. The molecule has 0 fully saturated rings. The summed E-state index contributed by atoms with van der Waals surface area (Å²) in [4.78, 5) is 4.24. The van der Waals surface area contributed by atoms with E-state index in [2.05, 4.69) is 17.2 Å². The van der Waals surface area contributed by atoms with Crippen LogP contribution in [0.5, 0.6) is 0 Å². The zero-order valence-corrected chi connectivity index (χ0v) is 9.68. The van der Waals surface area contributed by atoms with Gasteiger partial charge in [-0.1, -0.05) is 6.07 Å². The average molecular weight is 219 g/mol. The Kier molecular flexibility index (Phi) is 3.41. The fourth-order valence-corrected chi connectivity index (χ4v) is 1.65. The summed E-state index contributed by atoms with van der Waals surface area (Å²) in [5, 5.41) is 3.40. The molecule has 0 aliphatic carbocycles. The normalized spacial score (nSPS) is 12.9. The molecule has 0 radical (unpaired) electrons. The van der Waals surface area contributed by atoms with Crippen molar-refractivity contribution in [2.75, 3.05) is 18.5 Å². The van der Waals surface area contributed by atoms with E-state index in [4.69, 9.17) is 4.74 Å². The molecule has 2 rings (SSSR count). The van der Waals surface area contributed by atoms with Gasteiger partial charge in [0, 0.05) is 25.0 Å². The van der Waals surface area contributed by atoms with Gasteiger partial charge in [-0.2, -0.15) is 0 Å². The highest BCUT2D eigenvalue weighted by molar-refractivity contribution is 5.50. The standard InChI is InChI=1S/C12H17N3O/c1-3-16-9-10(2)14-12-6-4-5-11-13-7-8-15(11)12/h4-8,10,14H,3,9H2,1-2H3. The topological polar surface area (TPSA) is 38.6 Å². The van der Waals surface area contributed by atoms with Gasteiger partial charge in [0.2, 0.25) is 0 Å². The number of nitrogens with one attached hydrogen (secondary N) is 1. The lowest BCUT2D eigenvalue weighted by Crippen LogP contribution is -2.22. The lowest BCUT2D eigenvalue weighted by Gasteiger charge is -2.16. The van der Waals surface area contributed by atoms with Gasteiger partial charge in [0.15, 0.2) is 0 Å². The first-order chi connectivity index (χ1) is 7.81. The predicted molar refractivity (Wildman–Crippen MR) is 64.8 cm³/mol. The lowest BCUT2D eigenvalue weighted by molar-refractivity contribution is 0.141. The van der Waals surface area contributed by atoms with Gasteiger partial charge in [-0.3, -0.25) is 4.40 Å². The third kappa shape index (κ3) is 2.33. The van der Waals surface area contributed by atoms with E-state index in [1.165, 1.54) is 0 Å². The minimum atomic E-state index is 0.285. The summed E-state index contributed by atoms with van der Waals surface area (Å²) in [5.41, 5.74) is 0.952. The number of anilines is 1. The van der Waals surface area contributed by atoms with Crippen molar-refractivity contribution in [3.05, 3.63) is 30.6 Å². The number of fused-ring (bicyclic) bond motifs is 1. The molecule has 0 aromatic carbocycles. The summed E-state index contributed by atoms with van der Waals surface area (Å²) < 4.78 is 7.40. The SMILES string of the molecule is CCOCC(C)Nc1cccc2nccn12. The number of aromatic nitrogens is 2. The molecule has 4 heteroatoms. The van der Waals surface area contributed by atoms with Crippen LogP contribution in [0.1, 0.15) is 13.8 Å². The van der Waals surface area contributed by atoms with Gasteiger partial charge in [-0.05, 0) is 26.0 Å². The van der Waals surface area contributed by atoms with E-state index in [9.17, 15) is 0 Å². The molecular weight excluding hydrogens is 202 g/mol. The van der Waals surface area contributed by atoms with Crippen LogP contribution in [0, 0.1) is 0 Å². The largest absolute Gasteiger partial charge is 0.380 e. The molecule has 86 valence electrons. The number of imidazole rings is 1. The van der Waals surface area contributed by atoms with Gasteiger partial charge in [-0.25, -0.2) is 4.98 Å². The molecule has 0 amide bonds. The number of ether oxygens (including phenoxy) is 1. The molecule has 2 aromatic heterocycles. The highest BCUT2D eigenvalue weighted by atomic mass is 16.5. The van der Waals surface area contributed by atoms with Gasteiger partial charge in [-0.15, -0.1) is 0 Å². The molecule has 1 atom stereocenters. The third-order valence-corrected chi connectivity index (χ3v) is 2.39. The van der Waals surface area contributed by atoms with Crippen LogP contribution in [-0.2, 0) is 4.74 Å². The summed E-state index contributed by atoms with van der Waals surface area (Å²) in [6.07, 6.45) is 3.75. The highest BCUT2D eigenvalue weighted by Crippen LogP contribution is 2.11. The van der Waals surface area contributed by atoms with Crippen molar-refractivity contribution >= 4 is 11.5 Å². The molecular formula is C12H17N3O. The quantitative estimate of drug-likeness (QED) is 0.837. The lowest BCUT2D eigenvalue weighted by atomic mass is 10.3. The van der Waals surface area contributed by atoms with Gasteiger partial charge in [0.1, 0.15) is 11.5 Å². The second-order valence-corrected chi connectivity index (χ2v) is 3.77.